The third-order valence-corrected chi connectivity index (χ3v) is 5.59. The van der Waals surface area contributed by atoms with Crippen molar-refractivity contribution in [3.63, 3.8) is 0 Å². The van der Waals surface area contributed by atoms with Gasteiger partial charge in [0.25, 0.3) is 32.8 Å². The summed E-state index contributed by atoms with van der Waals surface area (Å²) >= 11 is 16.7. The molecule has 3 aromatic rings. The summed E-state index contributed by atoms with van der Waals surface area (Å²) in [5.41, 5.74) is -6.28. The Morgan fingerprint density at radius 1 is 0.556 bits per heavy atom. The minimum Gasteiger partial charge on any atom is -0.275 e. The number of carbonyl (C=O) groups excluding carboxylic acids is 3. The average Bonchev–Trinajstić information content (AvgIpc) is 2.81. The number of nitro benzene ring substituents is 3. The van der Waals surface area contributed by atoms with E-state index in [2.05, 4.69) is 0 Å². The van der Waals surface area contributed by atoms with Crippen molar-refractivity contribution in [1.29, 1.82) is 0 Å². The molecule has 36 heavy (non-hydrogen) atoms. The maximum Gasteiger partial charge on any atom is 0.289 e. The van der Waals surface area contributed by atoms with Gasteiger partial charge in [-0.2, -0.15) is 0 Å². The predicted octanol–water partition coefficient (Wildman–Crippen LogP) is 5.88. The maximum absolute atomic E-state index is 12.4. The lowest BCUT2D eigenvalue weighted by Crippen LogP contribution is -2.08. The van der Waals surface area contributed by atoms with Gasteiger partial charge >= 0.3 is 0 Å². The molecule has 12 nitrogen and oxygen atoms in total. The van der Waals surface area contributed by atoms with E-state index in [-0.39, 0.29) is 5.56 Å². The van der Waals surface area contributed by atoms with Crippen molar-refractivity contribution in [1.82, 2.24) is 0 Å². The largest absolute Gasteiger partial charge is 0.289 e. The lowest BCUT2D eigenvalue weighted by molar-refractivity contribution is -0.385. The molecule has 0 N–H and O–H groups in total. The van der Waals surface area contributed by atoms with E-state index in [4.69, 9.17) is 34.8 Å². The van der Waals surface area contributed by atoms with Crippen LogP contribution >= 0.6 is 34.8 Å². The number of nitrogens with zero attached hydrogens (tertiary/aromatic N) is 3. The molecular formula is C21H8Cl3N3O9. The maximum atomic E-state index is 12.4. The molecule has 0 atom stereocenters. The van der Waals surface area contributed by atoms with Crippen LogP contribution in [-0.4, -0.2) is 30.5 Å². The quantitative estimate of drug-likeness (QED) is 0.187. The number of rotatable bonds is 8. The smallest absolute Gasteiger partial charge is 0.275 e. The second-order valence-electron chi connectivity index (χ2n) is 6.88. The molecule has 0 amide bonds. The zero-order valence-corrected chi connectivity index (χ0v) is 19.5. The van der Waals surface area contributed by atoms with Crippen LogP contribution in [0.2, 0.25) is 0 Å². The van der Waals surface area contributed by atoms with E-state index in [0.717, 1.165) is 42.5 Å². The summed E-state index contributed by atoms with van der Waals surface area (Å²) in [5.74, 6) is 0. The molecule has 0 aromatic heterocycles. The Bertz CT molecular complexity index is 1410. The summed E-state index contributed by atoms with van der Waals surface area (Å²) in [6, 6.07) is 8.63. The first kappa shape index (κ1) is 26.3. The number of para-hydroxylation sites is 1. The van der Waals surface area contributed by atoms with E-state index >= 15 is 0 Å². The Hall–Kier alpha value is -4.26. The van der Waals surface area contributed by atoms with Gasteiger partial charge in [0.15, 0.2) is 0 Å². The summed E-state index contributed by atoms with van der Waals surface area (Å²) in [7, 11) is 0. The lowest BCUT2D eigenvalue weighted by atomic mass is 9.89. The molecule has 15 heteroatoms. The first-order valence-corrected chi connectivity index (χ1v) is 10.5. The molecule has 3 rings (SSSR count). The molecule has 0 saturated carbocycles. The van der Waals surface area contributed by atoms with Crippen molar-refractivity contribution in [2.24, 2.45) is 0 Å². The summed E-state index contributed by atoms with van der Waals surface area (Å²) in [5, 5.41) is 31.4. The van der Waals surface area contributed by atoms with Crippen LogP contribution in [0.3, 0.4) is 0 Å². The summed E-state index contributed by atoms with van der Waals surface area (Å²) in [4.78, 5) is 68.6. The fourth-order valence-electron chi connectivity index (χ4n) is 3.66. The van der Waals surface area contributed by atoms with Crippen molar-refractivity contribution in [2.45, 2.75) is 0 Å². The Labute approximate surface area is 214 Å². The van der Waals surface area contributed by atoms with Gasteiger partial charge in [0.2, 0.25) is 0 Å². The minimum atomic E-state index is -1.42. The fourth-order valence-corrected chi connectivity index (χ4v) is 4.20. The van der Waals surface area contributed by atoms with Crippen LogP contribution in [-0.2, 0) is 0 Å². The topological polar surface area (TPSA) is 181 Å². The van der Waals surface area contributed by atoms with Gasteiger partial charge < -0.3 is 0 Å². The third kappa shape index (κ3) is 4.64. The van der Waals surface area contributed by atoms with Crippen LogP contribution in [0, 0.1) is 30.3 Å². The van der Waals surface area contributed by atoms with Crippen LogP contribution in [0.5, 0.6) is 0 Å². The van der Waals surface area contributed by atoms with Crippen molar-refractivity contribution in [3.05, 3.63) is 95.6 Å². The monoisotopic (exact) mass is 551 g/mol. The molecule has 0 unspecified atom stereocenters. The predicted molar refractivity (Wildman–Crippen MR) is 128 cm³/mol. The summed E-state index contributed by atoms with van der Waals surface area (Å²) in [6.07, 6.45) is 0. The Morgan fingerprint density at radius 2 is 1.03 bits per heavy atom. The molecule has 0 aliphatic carbocycles. The molecule has 0 radical (unpaired) electrons. The van der Waals surface area contributed by atoms with Gasteiger partial charge in [0.1, 0.15) is 16.7 Å². The first-order valence-electron chi connectivity index (χ1n) is 9.34. The number of nitro groups is 3. The zero-order chi connectivity index (χ0) is 26.9. The van der Waals surface area contributed by atoms with E-state index in [1.807, 2.05) is 0 Å². The van der Waals surface area contributed by atoms with Crippen molar-refractivity contribution in [2.75, 3.05) is 0 Å². The van der Waals surface area contributed by atoms with E-state index in [0.29, 0.717) is 0 Å². The molecule has 182 valence electrons. The minimum absolute atomic E-state index is 0.360. The molecule has 0 saturated heterocycles. The van der Waals surface area contributed by atoms with Crippen molar-refractivity contribution >= 4 is 67.6 Å². The van der Waals surface area contributed by atoms with Crippen LogP contribution in [0.25, 0.3) is 22.3 Å². The van der Waals surface area contributed by atoms with Crippen LogP contribution in [0.15, 0.2) is 48.5 Å². The van der Waals surface area contributed by atoms with Gasteiger partial charge in [0.05, 0.1) is 25.9 Å². The van der Waals surface area contributed by atoms with Crippen LogP contribution < -0.4 is 0 Å². The molecule has 0 heterocycles. The average molecular weight is 553 g/mol. The van der Waals surface area contributed by atoms with Gasteiger partial charge in [-0.1, -0.05) is 24.3 Å². The fraction of sp³-hybridized carbons (Fsp3) is 0. The number of benzene rings is 3. The standard InChI is InChI=1S/C21H8Cl3N3O9/c22-19(28)13-5-1-4-11(17(13)26(33)34)10-7-8-12(18(27(35)36)16(10)21(24)30)9-3-2-6-14(25(31)32)15(9)20(23)29/h1-8H. The normalized spacial score (nSPS) is 10.5. The number of hydrogen-bond acceptors (Lipinski definition) is 9. The van der Waals surface area contributed by atoms with Crippen molar-refractivity contribution in [3.8, 4) is 22.3 Å². The van der Waals surface area contributed by atoms with E-state index in [9.17, 15) is 44.7 Å². The molecule has 0 aliphatic heterocycles. The molecule has 3 aromatic carbocycles. The van der Waals surface area contributed by atoms with Gasteiger partial charge in [-0.3, -0.25) is 44.7 Å². The second kappa shape index (κ2) is 10.2. The van der Waals surface area contributed by atoms with E-state index in [1.54, 1.807) is 0 Å². The SMILES string of the molecule is O=C(Cl)c1cccc(-c2ccc(-c3cccc([N+](=O)[O-])c3C(=O)Cl)c([N+](=O)[O-])c2C(=O)Cl)c1[N+](=O)[O-]. The number of hydrogen-bond donors (Lipinski definition) is 0. The molecule has 0 bridgehead atoms. The van der Waals surface area contributed by atoms with E-state index in [1.165, 1.54) is 6.07 Å². The molecule has 0 spiro atoms. The van der Waals surface area contributed by atoms with Crippen molar-refractivity contribution < 1.29 is 29.2 Å². The molecular weight excluding hydrogens is 545 g/mol. The van der Waals surface area contributed by atoms with E-state index < -0.39 is 80.9 Å². The third-order valence-electron chi connectivity index (χ3n) is 5.00. The molecule has 0 aliphatic rings. The summed E-state index contributed by atoms with van der Waals surface area (Å²) < 4.78 is 0. The Morgan fingerprint density at radius 3 is 1.53 bits per heavy atom. The van der Waals surface area contributed by atoms with Crippen LogP contribution in [0.1, 0.15) is 31.1 Å². The highest BCUT2D eigenvalue weighted by molar-refractivity contribution is 6.69. The number of carbonyl (C=O) groups is 3. The second-order valence-corrected chi connectivity index (χ2v) is 7.91. The Kier molecular flexibility index (Phi) is 7.43. The first-order chi connectivity index (χ1) is 16.9. The highest BCUT2D eigenvalue weighted by Crippen LogP contribution is 2.45. The lowest BCUT2D eigenvalue weighted by Gasteiger charge is -2.14. The highest BCUT2D eigenvalue weighted by atomic mass is 35.5. The van der Waals surface area contributed by atoms with Gasteiger partial charge in [-0.05, 0) is 53.0 Å². The van der Waals surface area contributed by atoms with Crippen LogP contribution in [0.4, 0.5) is 17.1 Å². The zero-order valence-electron chi connectivity index (χ0n) is 17.3. The van der Waals surface area contributed by atoms with Gasteiger partial charge in [-0.15, -0.1) is 0 Å². The summed E-state index contributed by atoms with van der Waals surface area (Å²) in [6.45, 7) is 0. The Balaban J connectivity index is 2.53. The highest BCUT2D eigenvalue weighted by Gasteiger charge is 2.35. The molecule has 0 fully saturated rings. The van der Waals surface area contributed by atoms with Gasteiger partial charge in [0, 0.05) is 17.2 Å². The van der Waals surface area contributed by atoms with Gasteiger partial charge in [-0.25, -0.2) is 0 Å². The number of halogens is 3.